The molecule has 1 saturated carbocycles. The third-order valence-corrected chi connectivity index (χ3v) is 9.68. The first-order chi connectivity index (χ1) is 21.1. The zero-order valence-electron chi connectivity index (χ0n) is 25.1. The van der Waals surface area contributed by atoms with E-state index in [4.69, 9.17) is 22.2 Å². The fourth-order valence-electron chi connectivity index (χ4n) is 6.93. The van der Waals surface area contributed by atoms with Crippen molar-refractivity contribution in [3.8, 4) is 0 Å². The quantitative estimate of drug-likeness (QED) is 0.297. The third-order valence-electron chi connectivity index (χ3n) is 9.43. The molecule has 6 rings (SSSR count). The third kappa shape index (κ3) is 7.37. The molecule has 3 aliphatic rings. The Hall–Kier alpha value is -3.46. The zero-order chi connectivity index (χ0) is 29.5. The van der Waals surface area contributed by atoms with Crippen LogP contribution >= 0.6 is 12.2 Å². The predicted molar refractivity (Wildman–Crippen MR) is 179 cm³/mol. The van der Waals surface area contributed by atoms with E-state index in [1.54, 1.807) is 12.1 Å². The Bertz CT molecular complexity index is 1330. The lowest BCUT2D eigenvalue weighted by Crippen LogP contribution is -2.47. The summed E-state index contributed by atoms with van der Waals surface area (Å²) in [6.45, 7) is 6.41. The molecule has 2 aliphatic heterocycles. The monoisotopic (exact) mass is 601 g/mol. The average molecular weight is 602 g/mol. The van der Waals surface area contributed by atoms with Crippen LogP contribution in [0.15, 0.2) is 60.7 Å². The van der Waals surface area contributed by atoms with E-state index in [0.29, 0.717) is 17.6 Å². The van der Waals surface area contributed by atoms with E-state index in [0.717, 1.165) is 63.7 Å². The molecule has 9 heteroatoms. The highest BCUT2D eigenvalue weighted by Gasteiger charge is 2.34. The summed E-state index contributed by atoms with van der Waals surface area (Å²) in [6.07, 6.45) is 10.6. The van der Waals surface area contributed by atoms with Crippen LogP contribution in [0.5, 0.6) is 0 Å². The molecule has 2 N–H and O–H groups in total. The molecule has 3 fully saturated rings. The predicted octanol–water partition coefficient (Wildman–Crippen LogP) is 6.51. The van der Waals surface area contributed by atoms with Crippen molar-refractivity contribution < 1.29 is 4.39 Å². The fourth-order valence-corrected chi connectivity index (χ4v) is 7.09. The summed E-state index contributed by atoms with van der Waals surface area (Å²) in [4.78, 5) is 17.2. The molecule has 0 amide bonds. The molecule has 0 atom stereocenters. The molecule has 3 heterocycles. The van der Waals surface area contributed by atoms with Crippen molar-refractivity contribution in [3.05, 3.63) is 72.0 Å². The highest BCUT2D eigenvalue weighted by Crippen LogP contribution is 2.39. The Morgan fingerprint density at radius 1 is 0.721 bits per heavy atom. The number of piperazine rings is 1. The molecule has 1 aliphatic carbocycles. The first-order valence-corrected chi connectivity index (χ1v) is 16.5. The van der Waals surface area contributed by atoms with Gasteiger partial charge >= 0.3 is 0 Å². The molecule has 0 bridgehead atoms. The van der Waals surface area contributed by atoms with Crippen LogP contribution in [-0.4, -0.2) is 60.9 Å². The number of thiocarbonyl (C=S) groups is 1. The number of aromatic nitrogens is 2. The number of rotatable bonds is 7. The highest BCUT2D eigenvalue weighted by atomic mass is 32.1. The van der Waals surface area contributed by atoms with Crippen molar-refractivity contribution in [1.82, 2.24) is 15.3 Å². The Morgan fingerprint density at radius 2 is 1.30 bits per heavy atom. The van der Waals surface area contributed by atoms with Crippen molar-refractivity contribution >= 4 is 40.6 Å². The number of nitrogens with zero attached hydrogens (tertiary/aromatic N) is 5. The second-order valence-electron chi connectivity index (χ2n) is 12.3. The number of nitrogens with one attached hydrogen (secondary N) is 2. The molecule has 7 nitrogen and oxygen atoms in total. The number of para-hydroxylation sites is 1. The van der Waals surface area contributed by atoms with Crippen LogP contribution in [0.4, 0.5) is 27.7 Å². The van der Waals surface area contributed by atoms with Crippen molar-refractivity contribution in [1.29, 1.82) is 0 Å². The number of halogens is 1. The Balaban J connectivity index is 1.17. The summed E-state index contributed by atoms with van der Waals surface area (Å²) in [6, 6.07) is 19.8. The molecule has 0 unspecified atom stereocenters. The van der Waals surface area contributed by atoms with Gasteiger partial charge in [-0.3, -0.25) is 0 Å². The van der Waals surface area contributed by atoms with E-state index < -0.39 is 0 Å². The van der Waals surface area contributed by atoms with Crippen molar-refractivity contribution in [2.75, 3.05) is 65.8 Å². The van der Waals surface area contributed by atoms with Crippen LogP contribution in [0.3, 0.4) is 0 Å². The van der Waals surface area contributed by atoms with Gasteiger partial charge in [-0.1, -0.05) is 62.4 Å². The SMILES string of the molecule is Fc1ccc(C2(CNC(=S)Nc3nc(N4CCCCCC4)cc(N4CCN(c5ccccc5)CC4)n3)CCCCC2)cc1. The summed E-state index contributed by atoms with van der Waals surface area (Å²) in [5.41, 5.74) is 2.39. The van der Waals surface area contributed by atoms with Crippen LogP contribution in [0, 0.1) is 5.82 Å². The maximum absolute atomic E-state index is 13.7. The normalized spacial score (nSPS) is 19.0. The molecular formula is C34H44FN7S. The highest BCUT2D eigenvalue weighted by molar-refractivity contribution is 7.80. The number of hydrogen-bond donors (Lipinski definition) is 2. The molecule has 0 spiro atoms. The maximum Gasteiger partial charge on any atom is 0.232 e. The van der Waals surface area contributed by atoms with Gasteiger partial charge in [-0.25, -0.2) is 4.39 Å². The van der Waals surface area contributed by atoms with E-state index in [2.05, 4.69) is 61.7 Å². The summed E-state index contributed by atoms with van der Waals surface area (Å²) >= 11 is 5.82. The smallest absolute Gasteiger partial charge is 0.232 e. The number of benzene rings is 2. The lowest BCUT2D eigenvalue weighted by molar-refractivity contribution is 0.292. The topological polar surface area (TPSA) is 59.6 Å². The van der Waals surface area contributed by atoms with Crippen molar-refractivity contribution in [3.63, 3.8) is 0 Å². The van der Waals surface area contributed by atoms with Gasteiger partial charge in [0, 0.05) is 63.0 Å². The molecule has 0 radical (unpaired) electrons. The van der Waals surface area contributed by atoms with Crippen LogP contribution in [0.25, 0.3) is 0 Å². The van der Waals surface area contributed by atoms with E-state index in [9.17, 15) is 4.39 Å². The van der Waals surface area contributed by atoms with Crippen LogP contribution in [0.1, 0.15) is 63.4 Å². The first-order valence-electron chi connectivity index (χ1n) is 16.1. The minimum atomic E-state index is -0.196. The van der Waals surface area contributed by atoms with Crippen LogP contribution in [-0.2, 0) is 5.41 Å². The standard InChI is InChI=1S/C34H44FN7S/c35-28-15-13-27(14-16-28)34(17-7-4-8-18-34)26-36-33(43)39-32-37-30(41-19-9-1-2-10-20-41)25-31(38-32)42-23-21-40(22-24-42)29-11-5-3-6-12-29/h3,5-6,11-16,25H,1-2,4,7-10,17-24,26H2,(H2,36,37,38,39,43). The van der Waals surface area contributed by atoms with Gasteiger partial charge in [0.05, 0.1) is 0 Å². The molecule has 2 saturated heterocycles. The maximum atomic E-state index is 13.7. The molecular weight excluding hydrogens is 557 g/mol. The van der Waals surface area contributed by atoms with Gasteiger partial charge in [0.1, 0.15) is 17.5 Å². The summed E-state index contributed by atoms with van der Waals surface area (Å²) in [5, 5.41) is 7.37. The van der Waals surface area contributed by atoms with Gasteiger partial charge in [-0.05, 0) is 67.7 Å². The minimum absolute atomic E-state index is 0.0595. The Kier molecular flexibility index (Phi) is 9.56. The summed E-state index contributed by atoms with van der Waals surface area (Å²) in [7, 11) is 0. The second kappa shape index (κ2) is 13.9. The molecule has 43 heavy (non-hydrogen) atoms. The van der Waals surface area contributed by atoms with Gasteiger partial charge in [0.15, 0.2) is 5.11 Å². The largest absolute Gasteiger partial charge is 0.368 e. The van der Waals surface area contributed by atoms with Gasteiger partial charge in [0.25, 0.3) is 0 Å². The molecule has 3 aromatic rings. The Labute approximate surface area is 260 Å². The van der Waals surface area contributed by atoms with E-state index in [-0.39, 0.29) is 11.2 Å². The zero-order valence-corrected chi connectivity index (χ0v) is 25.9. The van der Waals surface area contributed by atoms with E-state index in [1.807, 2.05) is 12.1 Å². The second-order valence-corrected chi connectivity index (χ2v) is 12.7. The lowest BCUT2D eigenvalue weighted by Gasteiger charge is -2.38. The van der Waals surface area contributed by atoms with E-state index in [1.165, 1.54) is 56.2 Å². The van der Waals surface area contributed by atoms with Crippen molar-refractivity contribution in [2.45, 2.75) is 63.2 Å². The molecule has 2 aromatic carbocycles. The van der Waals surface area contributed by atoms with Gasteiger partial charge in [-0.15, -0.1) is 0 Å². The lowest BCUT2D eigenvalue weighted by atomic mass is 9.69. The van der Waals surface area contributed by atoms with Crippen molar-refractivity contribution in [2.24, 2.45) is 0 Å². The Morgan fingerprint density at radius 3 is 1.95 bits per heavy atom. The van der Waals surface area contributed by atoms with Crippen LogP contribution in [0.2, 0.25) is 0 Å². The minimum Gasteiger partial charge on any atom is -0.368 e. The van der Waals surface area contributed by atoms with E-state index >= 15 is 0 Å². The summed E-state index contributed by atoms with van der Waals surface area (Å²) in [5.74, 6) is 2.26. The summed E-state index contributed by atoms with van der Waals surface area (Å²) < 4.78 is 13.7. The molecule has 1 aromatic heterocycles. The van der Waals surface area contributed by atoms with Crippen LogP contribution < -0.4 is 25.3 Å². The van der Waals surface area contributed by atoms with Gasteiger partial charge in [0.2, 0.25) is 5.95 Å². The average Bonchev–Trinajstić information content (AvgIpc) is 3.35. The number of anilines is 4. The fraction of sp³-hybridized carbons (Fsp3) is 0.500. The van der Waals surface area contributed by atoms with Gasteiger partial charge < -0.3 is 25.3 Å². The first kappa shape index (κ1) is 29.6. The molecule has 228 valence electrons. The van der Waals surface area contributed by atoms with Gasteiger partial charge in [-0.2, -0.15) is 9.97 Å². The number of hydrogen-bond acceptors (Lipinski definition) is 6.